The third-order valence-corrected chi connectivity index (χ3v) is 10.0. The van der Waals surface area contributed by atoms with E-state index in [0.717, 1.165) is 23.1 Å². The Morgan fingerprint density at radius 3 is 2.45 bits per heavy atom. The number of hydrogen-bond acceptors (Lipinski definition) is 7. The molecule has 0 saturated carbocycles. The molecule has 0 aliphatic carbocycles. The first kappa shape index (κ1) is 32.1. The van der Waals surface area contributed by atoms with Gasteiger partial charge < -0.3 is 9.80 Å². The molecule has 0 spiro atoms. The lowest BCUT2D eigenvalue weighted by atomic mass is 10.0. The van der Waals surface area contributed by atoms with Gasteiger partial charge in [0, 0.05) is 69.7 Å². The number of halogens is 4. The van der Waals surface area contributed by atoms with Crippen LogP contribution in [0.5, 0.6) is 0 Å². The molecule has 2 aliphatic rings. The van der Waals surface area contributed by atoms with Gasteiger partial charge in [0.1, 0.15) is 5.82 Å². The molecule has 0 bridgehead atoms. The van der Waals surface area contributed by atoms with Gasteiger partial charge in [-0.1, -0.05) is 24.2 Å². The molecule has 2 aliphatic heterocycles. The number of thiophene rings is 1. The molecule has 5 heterocycles. The summed E-state index contributed by atoms with van der Waals surface area (Å²) in [5.41, 5.74) is 0.318. The number of benzene rings is 1. The van der Waals surface area contributed by atoms with Crippen LogP contribution in [0.1, 0.15) is 31.5 Å². The number of aryl methyl sites for hydroxylation is 2. The summed E-state index contributed by atoms with van der Waals surface area (Å²) >= 11 is 8.58. The van der Waals surface area contributed by atoms with Gasteiger partial charge in [0.15, 0.2) is 0 Å². The average molecular weight is 662 g/mol. The number of pyridine rings is 1. The molecular formula is C31H31ClF3N5O2S2. The molecule has 44 heavy (non-hydrogen) atoms. The van der Waals surface area contributed by atoms with E-state index in [2.05, 4.69) is 16.5 Å². The number of carbonyl (C=O) groups excluding carboxylic acids is 1. The standard InChI is InChI=1S/C25H24ClF3N4O2S2.C6H7N/c1-4-19(34)33-13(2)10-31(11-14(33)3)23-16-9-17(25(27,28)29)20(18-8-15(26)12-37-18)22-21(16)32(24(35)30-23)6-5-7-36-22;1-6-4-2-3-5-7-6/h4,8-9,12-14H,1,5-7,10-11H2,2-3H3;2-5H,1H3. The Bertz CT molecular complexity index is 1750. The van der Waals surface area contributed by atoms with E-state index in [4.69, 9.17) is 11.6 Å². The van der Waals surface area contributed by atoms with Crippen LogP contribution in [0.15, 0.2) is 64.3 Å². The topological polar surface area (TPSA) is 71.3 Å². The van der Waals surface area contributed by atoms with Crippen molar-refractivity contribution in [3.8, 4) is 10.4 Å². The van der Waals surface area contributed by atoms with Gasteiger partial charge in [0.25, 0.3) is 0 Å². The number of carbonyl (C=O) groups is 1. The number of aromatic nitrogens is 3. The summed E-state index contributed by atoms with van der Waals surface area (Å²) in [4.78, 5) is 38.3. The zero-order valence-corrected chi connectivity index (χ0v) is 26.8. The molecule has 4 aromatic rings. The predicted molar refractivity (Wildman–Crippen MR) is 172 cm³/mol. The number of rotatable bonds is 3. The second-order valence-electron chi connectivity index (χ2n) is 10.7. The van der Waals surface area contributed by atoms with Crippen LogP contribution in [-0.4, -0.2) is 56.3 Å². The maximum atomic E-state index is 14.6. The zero-order valence-electron chi connectivity index (χ0n) is 24.4. The van der Waals surface area contributed by atoms with E-state index in [9.17, 15) is 22.8 Å². The van der Waals surface area contributed by atoms with Gasteiger partial charge in [-0.25, -0.2) is 4.79 Å². The van der Waals surface area contributed by atoms with Crippen molar-refractivity contribution in [2.75, 3.05) is 23.7 Å². The first-order valence-electron chi connectivity index (χ1n) is 14.0. The SMILES string of the molecule is C=CC(=O)N1C(C)CN(c2nc(=O)n3c4c(c(-c5cc(Cl)cs5)c(C(F)(F)F)cc24)SCCC3)CC1C.Cc1ccccn1. The summed E-state index contributed by atoms with van der Waals surface area (Å²) < 4.78 is 45.2. The highest BCUT2D eigenvalue weighted by molar-refractivity contribution is 7.99. The number of piperazine rings is 1. The fourth-order valence-corrected chi connectivity index (χ4v) is 8.18. The van der Waals surface area contributed by atoms with E-state index >= 15 is 0 Å². The van der Waals surface area contributed by atoms with Crippen molar-refractivity contribution >= 4 is 57.3 Å². The third kappa shape index (κ3) is 6.38. The van der Waals surface area contributed by atoms with Crippen LogP contribution in [0.25, 0.3) is 21.3 Å². The van der Waals surface area contributed by atoms with Crippen molar-refractivity contribution in [1.82, 2.24) is 19.4 Å². The second-order valence-corrected chi connectivity index (χ2v) is 13.2. The Morgan fingerprint density at radius 2 is 1.91 bits per heavy atom. The summed E-state index contributed by atoms with van der Waals surface area (Å²) in [6.07, 6.45) is -0.977. The quantitative estimate of drug-likeness (QED) is 0.215. The molecule has 0 N–H and O–H groups in total. The van der Waals surface area contributed by atoms with Crippen LogP contribution in [-0.2, 0) is 17.5 Å². The van der Waals surface area contributed by atoms with Gasteiger partial charge in [-0.2, -0.15) is 18.2 Å². The van der Waals surface area contributed by atoms with Crippen molar-refractivity contribution in [2.45, 2.75) is 56.9 Å². The highest BCUT2D eigenvalue weighted by Crippen LogP contribution is 2.49. The highest BCUT2D eigenvalue weighted by atomic mass is 35.5. The van der Waals surface area contributed by atoms with Gasteiger partial charge >= 0.3 is 11.9 Å². The molecular weight excluding hydrogens is 631 g/mol. The van der Waals surface area contributed by atoms with Crippen molar-refractivity contribution in [3.05, 3.63) is 81.3 Å². The maximum Gasteiger partial charge on any atom is 0.417 e. The van der Waals surface area contributed by atoms with E-state index in [1.807, 2.05) is 43.9 Å². The van der Waals surface area contributed by atoms with Gasteiger partial charge in [-0.15, -0.1) is 23.1 Å². The summed E-state index contributed by atoms with van der Waals surface area (Å²) in [6.45, 7) is 10.3. The van der Waals surface area contributed by atoms with Crippen molar-refractivity contribution in [2.24, 2.45) is 0 Å². The number of thioether (sulfide) groups is 1. The number of nitrogens with zero attached hydrogens (tertiary/aromatic N) is 5. The predicted octanol–water partition coefficient (Wildman–Crippen LogP) is 7.29. The molecule has 1 fully saturated rings. The van der Waals surface area contributed by atoms with Crippen LogP contribution < -0.4 is 10.6 Å². The fourth-order valence-electron chi connectivity index (χ4n) is 5.78. The van der Waals surface area contributed by atoms with Crippen molar-refractivity contribution < 1.29 is 18.0 Å². The average Bonchev–Trinajstić information content (AvgIpc) is 3.27. The number of alkyl halides is 3. The van der Waals surface area contributed by atoms with Crippen LogP contribution in [0.3, 0.4) is 0 Å². The Kier molecular flexibility index (Phi) is 9.43. The number of anilines is 1. The zero-order chi connectivity index (χ0) is 31.8. The first-order valence-corrected chi connectivity index (χ1v) is 16.3. The maximum absolute atomic E-state index is 14.6. The summed E-state index contributed by atoms with van der Waals surface area (Å²) in [5.74, 6) is 0.566. The molecule has 2 atom stereocenters. The molecule has 1 saturated heterocycles. The summed E-state index contributed by atoms with van der Waals surface area (Å²) in [5, 5.41) is 2.25. The number of amides is 1. The van der Waals surface area contributed by atoms with Gasteiger partial charge in [-0.05, 0) is 63.3 Å². The molecule has 6 rings (SSSR count). The van der Waals surface area contributed by atoms with Crippen LogP contribution >= 0.6 is 34.7 Å². The first-order chi connectivity index (χ1) is 20.9. The van der Waals surface area contributed by atoms with Crippen molar-refractivity contribution in [3.63, 3.8) is 0 Å². The molecule has 1 aromatic carbocycles. The molecule has 7 nitrogen and oxygen atoms in total. The fraction of sp³-hybridized carbons (Fsp3) is 0.355. The Labute approximate surface area is 266 Å². The summed E-state index contributed by atoms with van der Waals surface area (Å²) in [6, 6.07) is 8.01. The monoisotopic (exact) mass is 661 g/mol. The van der Waals surface area contributed by atoms with Gasteiger partial charge in [0.05, 0.1) is 16.1 Å². The Balaban J connectivity index is 0.000000484. The molecule has 0 radical (unpaired) electrons. The van der Waals surface area contributed by atoms with E-state index in [0.29, 0.717) is 52.1 Å². The van der Waals surface area contributed by atoms with Gasteiger partial charge in [0.2, 0.25) is 5.91 Å². The van der Waals surface area contributed by atoms with Crippen molar-refractivity contribution in [1.29, 1.82) is 0 Å². The minimum Gasteiger partial charge on any atom is -0.352 e. The minimum absolute atomic E-state index is 0.0530. The van der Waals surface area contributed by atoms with E-state index < -0.39 is 17.4 Å². The van der Waals surface area contributed by atoms with Crippen LogP contribution in [0.4, 0.5) is 19.0 Å². The smallest absolute Gasteiger partial charge is 0.352 e. The van der Waals surface area contributed by atoms with Gasteiger partial charge in [-0.3, -0.25) is 14.3 Å². The van der Waals surface area contributed by atoms with E-state index in [1.54, 1.807) is 16.5 Å². The lowest BCUT2D eigenvalue weighted by Gasteiger charge is -2.44. The lowest BCUT2D eigenvalue weighted by molar-refractivity contribution is -0.137. The molecule has 2 unspecified atom stereocenters. The minimum atomic E-state index is -4.64. The lowest BCUT2D eigenvalue weighted by Crippen LogP contribution is -2.58. The largest absolute Gasteiger partial charge is 0.417 e. The third-order valence-electron chi connectivity index (χ3n) is 7.55. The highest BCUT2D eigenvalue weighted by Gasteiger charge is 2.39. The summed E-state index contributed by atoms with van der Waals surface area (Å²) in [7, 11) is 0. The molecule has 13 heteroatoms. The van der Waals surface area contributed by atoms with E-state index in [1.165, 1.54) is 28.5 Å². The van der Waals surface area contributed by atoms with Crippen LogP contribution in [0, 0.1) is 6.92 Å². The molecule has 232 valence electrons. The Morgan fingerprint density at radius 1 is 1.18 bits per heavy atom. The number of hydrogen-bond donors (Lipinski definition) is 0. The normalized spacial score (nSPS) is 18.4. The van der Waals surface area contributed by atoms with E-state index in [-0.39, 0.29) is 34.8 Å². The van der Waals surface area contributed by atoms with Crippen LogP contribution in [0.2, 0.25) is 5.02 Å². The second kappa shape index (κ2) is 12.9. The molecule has 1 amide bonds. The molecule has 3 aromatic heterocycles. The Hall–Kier alpha value is -3.35.